The Labute approximate surface area is 65.7 Å². The number of hydrogen-bond donors (Lipinski definition) is 1. The van der Waals surface area contributed by atoms with Gasteiger partial charge in [0.1, 0.15) is 5.31 Å². The summed E-state index contributed by atoms with van der Waals surface area (Å²) in [5.41, 5.74) is 0. The van der Waals surface area contributed by atoms with Crippen molar-refractivity contribution >= 4 is 14.0 Å². The van der Waals surface area contributed by atoms with Crippen molar-refractivity contribution in [2.75, 3.05) is 6.61 Å². The molecule has 1 unspecified atom stereocenters. The number of carboxylic acids is 1. The quantitative estimate of drug-likeness (QED) is 0.523. The molecule has 0 heterocycles. The Kier molecular flexibility index (Phi) is 4.83. The maximum absolute atomic E-state index is 10.9. The molecule has 0 aliphatic rings. The van der Waals surface area contributed by atoms with Crippen LogP contribution < -0.4 is 0 Å². The molecular weight excluding hydrogens is 167 g/mol. The number of carboxylic acid groups (broad SMARTS) is 1. The lowest BCUT2D eigenvalue weighted by Gasteiger charge is -2.00. The summed E-state index contributed by atoms with van der Waals surface area (Å²) in [6.45, 7) is 3.45. The summed E-state index contributed by atoms with van der Waals surface area (Å²) in [6, 6.07) is 0. The molecule has 0 spiro atoms. The van der Waals surface area contributed by atoms with E-state index in [1.807, 2.05) is 0 Å². The molecule has 1 N–H and O–H groups in total. The van der Waals surface area contributed by atoms with Crippen LogP contribution in [0.15, 0.2) is 11.4 Å². The molecule has 0 aromatic heterocycles. The van der Waals surface area contributed by atoms with Gasteiger partial charge in [-0.1, -0.05) is 6.08 Å². The van der Waals surface area contributed by atoms with E-state index >= 15 is 0 Å². The first kappa shape index (κ1) is 10.4. The Bertz CT molecular complexity index is 197. The first-order valence-electron chi connectivity index (χ1n) is 3.20. The van der Waals surface area contributed by atoms with Crippen LogP contribution in [0.1, 0.15) is 13.8 Å². The molecule has 0 aliphatic carbocycles. The normalized spacial score (nSPS) is 14.5. The number of rotatable bonds is 4. The van der Waals surface area contributed by atoms with Gasteiger partial charge in [0.15, 0.2) is 0 Å². The molecule has 0 saturated heterocycles. The van der Waals surface area contributed by atoms with Crippen molar-refractivity contribution in [3.63, 3.8) is 0 Å². The topological polar surface area (TPSA) is 63.6 Å². The smallest absolute Gasteiger partial charge is 0.340 e. The molecule has 64 valence electrons. The average molecular weight is 178 g/mol. The monoisotopic (exact) mass is 178 g/mol. The van der Waals surface area contributed by atoms with Crippen LogP contribution in [-0.2, 0) is 13.9 Å². The minimum absolute atomic E-state index is 0.142. The number of allylic oxidation sites excluding steroid dienone is 1. The molecule has 0 rings (SSSR count). The van der Waals surface area contributed by atoms with E-state index in [9.17, 15) is 9.36 Å². The lowest BCUT2D eigenvalue weighted by Crippen LogP contribution is -1.97. The Hall–Kier alpha value is -0.600. The van der Waals surface area contributed by atoms with Gasteiger partial charge in [-0.25, -0.2) is 4.79 Å². The summed E-state index contributed by atoms with van der Waals surface area (Å²) in [5.74, 6) is -1.18. The Morgan fingerprint density at radius 3 is 2.55 bits per heavy atom. The van der Waals surface area contributed by atoms with Gasteiger partial charge in [0.2, 0.25) is 8.03 Å². The van der Waals surface area contributed by atoms with Crippen LogP contribution >= 0.6 is 8.03 Å². The molecule has 0 saturated carbocycles. The molecule has 0 amide bonds. The van der Waals surface area contributed by atoms with Gasteiger partial charge in [-0.15, -0.1) is 0 Å². The van der Waals surface area contributed by atoms with E-state index in [1.165, 1.54) is 13.0 Å². The lowest BCUT2D eigenvalue weighted by atomic mass is 10.5. The number of carbonyl (C=O) groups is 1. The number of hydrogen-bond acceptors (Lipinski definition) is 3. The van der Waals surface area contributed by atoms with E-state index in [0.29, 0.717) is 0 Å². The fourth-order valence-corrected chi connectivity index (χ4v) is 1.37. The fourth-order valence-electron chi connectivity index (χ4n) is 0.537. The summed E-state index contributed by atoms with van der Waals surface area (Å²) >= 11 is 0. The van der Waals surface area contributed by atoms with Crippen LogP contribution in [0.25, 0.3) is 0 Å². The SMILES string of the molecule is CC=C(C(=O)O)[PH](=O)OCC. The van der Waals surface area contributed by atoms with Crippen LogP contribution in [0.5, 0.6) is 0 Å². The van der Waals surface area contributed by atoms with E-state index in [-0.39, 0.29) is 11.9 Å². The molecule has 1 atom stereocenters. The van der Waals surface area contributed by atoms with Crippen LogP contribution in [0.4, 0.5) is 0 Å². The van der Waals surface area contributed by atoms with E-state index in [4.69, 9.17) is 5.11 Å². The standard InChI is InChI=1S/C6H11O4P/c1-3-5(6(7)8)11(9)10-4-2/h3,11H,4H2,1-2H3,(H,7,8). The highest BCUT2D eigenvalue weighted by molar-refractivity contribution is 7.46. The highest BCUT2D eigenvalue weighted by Gasteiger charge is 2.13. The first-order chi connectivity index (χ1) is 5.13. The highest BCUT2D eigenvalue weighted by Crippen LogP contribution is 2.32. The summed E-state index contributed by atoms with van der Waals surface area (Å²) in [6.07, 6.45) is 1.29. The summed E-state index contributed by atoms with van der Waals surface area (Å²) in [7, 11) is -2.52. The third kappa shape index (κ3) is 3.35. The van der Waals surface area contributed by atoms with Gasteiger partial charge in [0.05, 0.1) is 6.61 Å². The highest BCUT2D eigenvalue weighted by atomic mass is 31.1. The van der Waals surface area contributed by atoms with Crippen LogP contribution in [0, 0.1) is 0 Å². The fraction of sp³-hybridized carbons (Fsp3) is 0.500. The second kappa shape index (κ2) is 5.10. The second-order valence-corrected chi connectivity index (χ2v) is 3.13. The minimum atomic E-state index is -2.52. The number of aliphatic carboxylic acids is 1. The average Bonchev–Trinajstić information content (AvgIpc) is 1.88. The third-order valence-electron chi connectivity index (χ3n) is 1.01. The summed E-state index contributed by atoms with van der Waals surface area (Å²) < 4.78 is 15.6. The van der Waals surface area contributed by atoms with Crippen molar-refractivity contribution in [3.05, 3.63) is 11.4 Å². The molecule has 11 heavy (non-hydrogen) atoms. The zero-order valence-electron chi connectivity index (χ0n) is 6.46. The lowest BCUT2D eigenvalue weighted by molar-refractivity contribution is -0.131. The van der Waals surface area contributed by atoms with Gasteiger partial charge in [0, 0.05) is 0 Å². The molecule has 0 aromatic carbocycles. The van der Waals surface area contributed by atoms with Gasteiger partial charge < -0.3 is 9.63 Å². The summed E-state index contributed by atoms with van der Waals surface area (Å²) in [5, 5.41) is 8.31. The van der Waals surface area contributed by atoms with Crippen molar-refractivity contribution in [2.24, 2.45) is 0 Å². The van der Waals surface area contributed by atoms with Crippen molar-refractivity contribution in [3.8, 4) is 0 Å². The zero-order valence-corrected chi connectivity index (χ0v) is 7.46. The molecule has 5 heteroatoms. The predicted octanol–water partition coefficient (Wildman–Crippen LogP) is 1.49. The van der Waals surface area contributed by atoms with Gasteiger partial charge in [0.25, 0.3) is 0 Å². The molecule has 0 aromatic rings. The van der Waals surface area contributed by atoms with E-state index in [1.54, 1.807) is 6.92 Å². The molecule has 0 aliphatic heterocycles. The molecule has 0 fully saturated rings. The Balaban J connectivity index is 4.29. The van der Waals surface area contributed by atoms with Crippen LogP contribution in [-0.4, -0.2) is 17.7 Å². The summed E-state index contributed by atoms with van der Waals surface area (Å²) in [4.78, 5) is 10.3. The Morgan fingerprint density at radius 2 is 2.27 bits per heavy atom. The second-order valence-electron chi connectivity index (χ2n) is 1.73. The van der Waals surface area contributed by atoms with Crippen molar-refractivity contribution in [2.45, 2.75) is 13.8 Å². The Morgan fingerprint density at radius 1 is 1.73 bits per heavy atom. The third-order valence-corrected chi connectivity index (χ3v) is 2.51. The molecule has 0 bridgehead atoms. The van der Waals surface area contributed by atoms with E-state index in [0.717, 1.165) is 0 Å². The van der Waals surface area contributed by atoms with Crippen molar-refractivity contribution in [1.29, 1.82) is 0 Å². The van der Waals surface area contributed by atoms with Gasteiger partial charge in [-0.05, 0) is 13.8 Å². The maximum Gasteiger partial charge on any atom is 0.340 e. The first-order valence-corrected chi connectivity index (χ1v) is 4.51. The van der Waals surface area contributed by atoms with Crippen LogP contribution in [0.3, 0.4) is 0 Å². The van der Waals surface area contributed by atoms with E-state index in [2.05, 4.69) is 4.52 Å². The molecular formula is C6H11O4P. The van der Waals surface area contributed by atoms with Crippen molar-refractivity contribution in [1.82, 2.24) is 0 Å². The predicted molar refractivity (Wildman–Crippen MR) is 42.0 cm³/mol. The van der Waals surface area contributed by atoms with Crippen molar-refractivity contribution < 1.29 is 19.0 Å². The minimum Gasteiger partial charge on any atom is -0.477 e. The largest absolute Gasteiger partial charge is 0.477 e. The zero-order chi connectivity index (χ0) is 8.85. The molecule has 0 radical (unpaired) electrons. The molecule has 4 nitrogen and oxygen atoms in total. The van der Waals surface area contributed by atoms with Gasteiger partial charge in [-0.3, -0.25) is 4.57 Å². The van der Waals surface area contributed by atoms with Gasteiger partial charge in [-0.2, -0.15) is 0 Å². The van der Waals surface area contributed by atoms with Crippen LogP contribution in [0.2, 0.25) is 0 Å². The van der Waals surface area contributed by atoms with Gasteiger partial charge >= 0.3 is 5.97 Å². The maximum atomic E-state index is 10.9. The van der Waals surface area contributed by atoms with E-state index < -0.39 is 14.0 Å².